The molecule has 5 nitrogen and oxygen atoms in total. The Bertz CT molecular complexity index is 707. The standard InChI is InChI=1S/C14H19N3O2S/c1-11-13(17-7-3-2-4-14(17)16-11)10-15-12-5-8-20(18,19)9-6-12/h2-4,7,12,15H,5-6,8-10H2,1H3. The van der Waals surface area contributed by atoms with Crippen LogP contribution in [0.2, 0.25) is 0 Å². The second-order valence-corrected chi connectivity index (χ2v) is 7.68. The van der Waals surface area contributed by atoms with Gasteiger partial charge in [0.05, 0.1) is 22.9 Å². The molecule has 0 radical (unpaired) electrons. The van der Waals surface area contributed by atoms with Crippen molar-refractivity contribution in [2.24, 2.45) is 0 Å². The Balaban J connectivity index is 1.70. The first-order valence-electron chi connectivity index (χ1n) is 6.91. The SMILES string of the molecule is Cc1nc2ccccn2c1CNC1CCS(=O)(=O)CC1. The third-order valence-corrected chi connectivity index (χ3v) is 5.66. The number of sulfone groups is 1. The number of rotatable bonds is 3. The Morgan fingerprint density at radius 3 is 2.85 bits per heavy atom. The van der Waals surface area contributed by atoms with Gasteiger partial charge < -0.3 is 9.72 Å². The zero-order valence-corrected chi connectivity index (χ0v) is 12.4. The number of hydrogen-bond acceptors (Lipinski definition) is 4. The number of aromatic nitrogens is 2. The van der Waals surface area contributed by atoms with Gasteiger partial charge in [-0.3, -0.25) is 0 Å². The Hall–Kier alpha value is -1.40. The molecule has 6 heteroatoms. The average Bonchev–Trinajstić information content (AvgIpc) is 2.73. The fourth-order valence-corrected chi connectivity index (χ4v) is 4.20. The van der Waals surface area contributed by atoms with Gasteiger partial charge in [-0.05, 0) is 31.9 Å². The molecule has 0 aliphatic carbocycles. The Morgan fingerprint density at radius 1 is 1.35 bits per heavy atom. The van der Waals surface area contributed by atoms with Gasteiger partial charge in [-0.2, -0.15) is 0 Å². The molecule has 0 aromatic carbocycles. The van der Waals surface area contributed by atoms with Crippen molar-refractivity contribution < 1.29 is 8.42 Å². The van der Waals surface area contributed by atoms with Gasteiger partial charge in [0.25, 0.3) is 0 Å². The number of aryl methyl sites for hydroxylation is 1. The topological polar surface area (TPSA) is 63.5 Å². The summed E-state index contributed by atoms with van der Waals surface area (Å²) in [5.41, 5.74) is 3.12. The van der Waals surface area contributed by atoms with Gasteiger partial charge in [0.1, 0.15) is 15.5 Å². The molecule has 0 atom stereocenters. The van der Waals surface area contributed by atoms with Crippen molar-refractivity contribution in [2.45, 2.75) is 32.4 Å². The molecule has 2 aromatic rings. The van der Waals surface area contributed by atoms with E-state index in [1.165, 1.54) is 0 Å². The third kappa shape index (κ3) is 2.71. The molecule has 2 aromatic heterocycles. The average molecular weight is 293 g/mol. The molecule has 20 heavy (non-hydrogen) atoms. The summed E-state index contributed by atoms with van der Waals surface area (Å²) in [5.74, 6) is 0.605. The lowest BCUT2D eigenvalue weighted by molar-refractivity contribution is 0.459. The van der Waals surface area contributed by atoms with Crippen LogP contribution in [0.25, 0.3) is 5.65 Å². The van der Waals surface area contributed by atoms with Crippen molar-refractivity contribution in [3.05, 3.63) is 35.8 Å². The smallest absolute Gasteiger partial charge is 0.150 e. The Morgan fingerprint density at radius 2 is 2.10 bits per heavy atom. The number of fused-ring (bicyclic) bond motifs is 1. The minimum absolute atomic E-state index is 0.284. The van der Waals surface area contributed by atoms with E-state index in [0.717, 1.165) is 23.6 Å². The van der Waals surface area contributed by atoms with Gasteiger partial charge in [0, 0.05) is 18.8 Å². The third-order valence-electron chi connectivity index (χ3n) is 3.94. The maximum absolute atomic E-state index is 11.4. The van der Waals surface area contributed by atoms with E-state index in [1.807, 2.05) is 31.3 Å². The molecule has 0 amide bonds. The molecule has 108 valence electrons. The number of hydrogen-bond donors (Lipinski definition) is 1. The quantitative estimate of drug-likeness (QED) is 0.927. The number of pyridine rings is 1. The molecule has 3 rings (SSSR count). The summed E-state index contributed by atoms with van der Waals surface area (Å²) < 4.78 is 24.9. The van der Waals surface area contributed by atoms with Crippen molar-refractivity contribution in [3.63, 3.8) is 0 Å². The van der Waals surface area contributed by atoms with Gasteiger partial charge >= 0.3 is 0 Å². The highest BCUT2D eigenvalue weighted by molar-refractivity contribution is 7.91. The van der Waals surface area contributed by atoms with Crippen molar-refractivity contribution in [3.8, 4) is 0 Å². The lowest BCUT2D eigenvalue weighted by Gasteiger charge is -2.23. The van der Waals surface area contributed by atoms with Crippen LogP contribution in [0.5, 0.6) is 0 Å². The van der Waals surface area contributed by atoms with Crippen molar-refractivity contribution in [1.82, 2.24) is 14.7 Å². The largest absolute Gasteiger partial charge is 0.308 e. The van der Waals surface area contributed by atoms with Gasteiger partial charge in [-0.25, -0.2) is 13.4 Å². The van der Waals surface area contributed by atoms with Crippen LogP contribution < -0.4 is 5.32 Å². The van der Waals surface area contributed by atoms with Gasteiger partial charge in [0.2, 0.25) is 0 Å². The maximum Gasteiger partial charge on any atom is 0.150 e. The fraction of sp³-hybridized carbons (Fsp3) is 0.500. The summed E-state index contributed by atoms with van der Waals surface area (Å²) >= 11 is 0. The van der Waals surface area contributed by atoms with Crippen molar-refractivity contribution >= 4 is 15.5 Å². The minimum atomic E-state index is -2.79. The van der Waals surface area contributed by atoms with Gasteiger partial charge in [0.15, 0.2) is 0 Å². The first-order valence-corrected chi connectivity index (χ1v) is 8.74. The van der Waals surface area contributed by atoms with Gasteiger partial charge in [-0.15, -0.1) is 0 Å². The molecular formula is C14H19N3O2S. The van der Waals surface area contributed by atoms with E-state index >= 15 is 0 Å². The molecule has 3 heterocycles. The minimum Gasteiger partial charge on any atom is -0.308 e. The van der Waals surface area contributed by atoms with Crippen LogP contribution in [-0.2, 0) is 16.4 Å². The monoisotopic (exact) mass is 293 g/mol. The lowest BCUT2D eigenvalue weighted by atomic mass is 10.1. The molecule has 0 saturated carbocycles. The zero-order valence-electron chi connectivity index (χ0n) is 11.5. The van der Waals surface area contributed by atoms with E-state index in [2.05, 4.69) is 14.7 Å². The molecule has 1 fully saturated rings. The number of imidazole rings is 1. The lowest BCUT2D eigenvalue weighted by Crippen LogP contribution is -2.37. The summed E-state index contributed by atoms with van der Waals surface area (Å²) in [6.07, 6.45) is 3.42. The molecule has 0 bridgehead atoms. The Labute approximate surface area is 118 Å². The van der Waals surface area contributed by atoms with E-state index in [1.54, 1.807) is 0 Å². The predicted molar refractivity (Wildman–Crippen MR) is 78.4 cm³/mol. The highest BCUT2D eigenvalue weighted by atomic mass is 32.2. The molecule has 0 spiro atoms. The second-order valence-electron chi connectivity index (χ2n) is 5.38. The normalized spacial score (nSPS) is 19.4. The summed E-state index contributed by atoms with van der Waals surface area (Å²) in [4.78, 5) is 4.53. The fourth-order valence-electron chi connectivity index (χ4n) is 2.71. The molecule has 1 aliphatic rings. The molecule has 1 saturated heterocycles. The number of nitrogens with one attached hydrogen (secondary N) is 1. The van der Waals surface area contributed by atoms with Crippen LogP contribution >= 0.6 is 0 Å². The van der Waals surface area contributed by atoms with E-state index in [9.17, 15) is 8.42 Å². The van der Waals surface area contributed by atoms with Crippen LogP contribution in [0.3, 0.4) is 0 Å². The summed E-state index contributed by atoms with van der Waals surface area (Å²) in [5, 5.41) is 3.47. The molecule has 1 aliphatic heterocycles. The van der Waals surface area contributed by atoms with Crippen molar-refractivity contribution in [2.75, 3.05) is 11.5 Å². The zero-order chi connectivity index (χ0) is 14.2. The maximum atomic E-state index is 11.4. The highest BCUT2D eigenvalue weighted by Crippen LogP contribution is 2.15. The van der Waals surface area contributed by atoms with E-state index in [-0.39, 0.29) is 6.04 Å². The molecular weight excluding hydrogens is 274 g/mol. The molecule has 1 N–H and O–H groups in total. The van der Waals surface area contributed by atoms with Gasteiger partial charge in [-0.1, -0.05) is 6.07 Å². The van der Waals surface area contributed by atoms with Crippen LogP contribution in [0.4, 0.5) is 0 Å². The van der Waals surface area contributed by atoms with Crippen LogP contribution in [0.15, 0.2) is 24.4 Å². The van der Waals surface area contributed by atoms with E-state index in [4.69, 9.17) is 0 Å². The van der Waals surface area contributed by atoms with Crippen molar-refractivity contribution in [1.29, 1.82) is 0 Å². The first-order chi connectivity index (χ1) is 9.55. The second kappa shape index (κ2) is 5.18. The Kier molecular flexibility index (Phi) is 3.52. The van der Waals surface area contributed by atoms with Crippen LogP contribution in [0.1, 0.15) is 24.2 Å². The molecule has 0 unspecified atom stereocenters. The summed E-state index contributed by atoms with van der Waals surface area (Å²) in [6, 6.07) is 6.24. The summed E-state index contributed by atoms with van der Waals surface area (Å²) in [6.45, 7) is 2.73. The summed E-state index contributed by atoms with van der Waals surface area (Å²) in [7, 11) is -2.79. The first kappa shape index (κ1) is 13.6. The predicted octanol–water partition coefficient (Wildman–Crippen LogP) is 1.31. The van der Waals surface area contributed by atoms with E-state index < -0.39 is 9.84 Å². The highest BCUT2D eigenvalue weighted by Gasteiger charge is 2.23. The number of nitrogens with zero attached hydrogens (tertiary/aromatic N) is 2. The van der Waals surface area contributed by atoms with E-state index in [0.29, 0.717) is 24.3 Å². The van der Waals surface area contributed by atoms with Crippen LogP contribution in [-0.4, -0.2) is 35.4 Å². The van der Waals surface area contributed by atoms with Crippen LogP contribution in [0, 0.1) is 6.92 Å².